The number of anilines is 2. The topological polar surface area (TPSA) is 234 Å². The van der Waals surface area contributed by atoms with Crippen LogP contribution in [0.25, 0.3) is 160 Å². The molecule has 0 atom stereocenters. The molecule has 4 amide bonds. The third-order valence-electron chi connectivity index (χ3n) is 22.6. The van der Waals surface area contributed by atoms with Crippen LogP contribution in [0.15, 0.2) is 329 Å². The summed E-state index contributed by atoms with van der Waals surface area (Å²) < 4.78 is 7.64. The minimum atomic E-state index is -0.728. The van der Waals surface area contributed by atoms with E-state index in [4.69, 9.17) is 9.97 Å². The molecule has 0 saturated heterocycles. The molecule has 16 aromatic carbocycles. The van der Waals surface area contributed by atoms with E-state index >= 15 is 0 Å². The van der Waals surface area contributed by atoms with E-state index in [9.17, 15) is 48.6 Å². The van der Waals surface area contributed by atoms with E-state index in [1.165, 1.54) is 41.3 Å². The minimum absolute atomic E-state index is 0.00846. The second-order valence-electron chi connectivity index (χ2n) is 28.7. The van der Waals surface area contributed by atoms with Crippen LogP contribution in [0.5, 0.6) is 11.5 Å². The molecule has 2 aliphatic heterocycles. The zero-order valence-electron chi connectivity index (χ0n) is 60.1. The highest BCUT2D eigenvalue weighted by molar-refractivity contribution is 6.43. The molecule has 0 fully saturated rings. The van der Waals surface area contributed by atoms with Crippen molar-refractivity contribution in [3.63, 3.8) is 0 Å². The normalized spacial score (nSPS) is 12.9. The predicted molar refractivity (Wildman–Crippen MR) is 448 cm³/mol. The van der Waals surface area contributed by atoms with Crippen molar-refractivity contribution in [3.8, 4) is 62.7 Å². The molecule has 542 valence electrons. The Morgan fingerprint density at radius 3 is 1.03 bits per heavy atom. The molecular formula is C96H53N9O10. The van der Waals surface area contributed by atoms with Crippen molar-refractivity contribution < 1.29 is 29.4 Å². The van der Waals surface area contributed by atoms with E-state index in [1.54, 1.807) is 53.1 Å². The lowest BCUT2D eigenvalue weighted by Crippen LogP contribution is -2.43. The Bertz CT molecular complexity index is 7900. The molecule has 19 heteroatoms. The number of hydrogen-bond donors (Lipinski definition) is 2. The fraction of sp³-hybridized carbons (Fsp3) is 0. The van der Waals surface area contributed by atoms with Gasteiger partial charge in [0.05, 0.1) is 94.5 Å². The number of aromatic hydroxyl groups is 2. The summed E-state index contributed by atoms with van der Waals surface area (Å²) in [4.78, 5) is 127. The molecule has 0 unspecified atom stereocenters. The van der Waals surface area contributed by atoms with Gasteiger partial charge >= 0.3 is 0 Å². The molecular weight excluding hydrogens is 1440 g/mol. The number of phenols is 2. The summed E-state index contributed by atoms with van der Waals surface area (Å²) in [5, 5.41) is 32.6. The third-order valence-corrected chi connectivity index (χ3v) is 22.6. The number of phenolic OH excluding ortho intramolecular Hbond substituents is 2. The number of amides is 4. The molecule has 0 bridgehead atoms. The molecule has 23 rings (SSSR count). The summed E-state index contributed by atoms with van der Waals surface area (Å²) in [6.45, 7) is 0. The Morgan fingerprint density at radius 1 is 0.235 bits per heavy atom. The highest BCUT2D eigenvalue weighted by Crippen LogP contribution is 2.47. The van der Waals surface area contributed by atoms with E-state index < -0.39 is 45.9 Å². The van der Waals surface area contributed by atoms with Crippen molar-refractivity contribution in [3.05, 3.63) is 373 Å². The number of benzene rings is 16. The van der Waals surface area contributed by atoms with Gasteiger partial charge in [0.15, 0.2) is 11.5 Å². The number of carbonyl (C=O) groups excluding carboxylic acids is 4. The van der Waals surface area contributed by atoms with Crippen molar-refractivity contribution in [2.45, 2.75) is 0 Å². The maximum atomic E-state index is 14.5. The van der Waals surface area contributed by atoms with E-state index in [0.29, 0.717) is 56.6 Å². The molecule has 115 heavy (non-hydrogen) atoms. The van der Waals surface area contributed by atoms with Gasteiger partial charge in [-0.25, -0.2) is 28.9 Å². The van der Waals surface area contributed by atoms with E-state index in [0.717, 1.165) is 84.8 Å². The van der Waals surface area contributed by atoms with Gasteiger partial charge in [0.1, 0.15) is 11.6 Å². The Labute approximate surface area is 647 Å². The Balaban J connectivity index is 0.000000140. The maximum absolute atomic E-state index is 14.5. The molecule has 0 saturated carbocycles. The van der Waals surface area contributed by atoms with E-state index in [1.807, 2.05) is 221 Å². The number of hydrogen-bond acceptors (Lipinski definition) is 12. The number of nitrogens with zero attached hydrogens (tertiary/aromatic N) is 9. The number of imide groups is 2. The van der Waals surface area contributed by atoms with Crippen LogP contribution in [0.3, 0.4) is 0 Å². The van der Waals surface area contributed by atoms with E-state index in [-0.39, 0.29) is 77.4 Å². The second kappa shape index (κ2) is 24.6. The number of para-hydroxylation sites is 10. The first-order chi connectivity index (χ1) is 56.3. The number of fused-ring (bicyclic) bond motifs is 7. The van der Waals surface area contributed by atoms with Gasteiger partial charge in [-0.05, 0) is 154 Å². The van der Waals surface area contributed by atoms with Crippen molar-refractivity contribution >= 4 is 144 Å². The molecule has 19 nitrogen and oxygen atoms in total. The number of rotatable bonds is 9. The molecule has 0 aliphatic carbocycles. The zero-order valence-corrected chi connectivity index (χ0v) is 60.1. The first-order valence-corrected chi connectivity index (χ1v) is 37.1. The van der Waals surface area contributed by atoms with Crippen LogP contribution < -0.4 is 32.0 Å². The van der Waals surface area contributed by atoms with Crippen molar-refractivity contribution in [2.75, 3.05) is 9.80 Å². The molecule has 2 aliphatic rings. The highest BCUT2D eigenvalue weighted by atomic mass is 16.3. The molecule has 21 aromatic rings. The predicted octanol–water partition coefficient (Wildman–Crippen LogP) is 17.7. The van der Waals surface area contributed by atoms with Crippen LogP contribution in [-0.2, 0) is 0 Å². The van der Waals surface area contributed by atoms with Gasteiger partial charge in [0.25, 0.3) is 45.9 Å². The van der Waals surface area contributed by atoms with E-state index in [2.05, 4.69) is 12.1 Å². The first-order valence-electron chi connectivity index (χ1n) is 37.1. The number of aromatic nitrogens is 7. The molecule has 0 spiro atoms. The molecule has 7 heterocycles. The van der Waals surface area contributed by atoms with Gasteiger partial charge < -0.3 is 14.8 Å². The van der Waals surface area contributed by atoms with Crippen LogP contribution in [0.1, 0.15) is 41.4 Å². The standard InChI is InChI=1S/C49H26N4O5.C47H27N5O5/c54-44-38(52-37-13-5-4-12-36(37)50-45(52)28-8-2-1-3-9-28)14-7-15-39(44)53-48(57)34-22-20-32-42-33(21-23-35(43(34)42)49(53)58)47(56)51(46(32)55)31-24-29-18-16-26-10-6-11-27-17-19-30(25-31)41(29)40(26)27;53-42-40(50-37-20-9-6-17-34(37)48-43(50)27-13-2-1-3-14-27)23-12-24-41(42)52-46(56)32-25-30-31(26-33(32)47(52)57)45(55)51(44(30)54)39-22-11-10-21-38(39)49-35-18-7-4-15-28(35)29-16-5-8-19-36(29)49/h1-25,54H;1-26,53H. The van der Waals surface area contributed by atoms with Gasteiger partial charge in [0, 0.05) is 54.9 Å². The summed E-state index contributed by atoms with van der Waals surface area (Å²) in [5.41, 5.74) is 6.21. The summed E-state index contributed by atoms with van der Waals surface area (Å²) >= 11 is 0. The largest absolute Gasteiger partial charge is 0.504 e. The Kier molecular flexibility index (Phi) is 14.1. The van der Waals surface area contributed by atoms with Crippen LogP contribution >= 0.6 is 0 Å². The zero-order chi connectivity index (χ0) is 77.5. The third kappa shape index (κ3) is 9.39. The number of imidazole rings is 2. The minimum Gasteiger partial charge on any atom is -0.504 e. The monoisotopic (exact) mass is 1490 g/mol. The van der Waals surface area contributed by atoms with Crippen LogP contribution in [0.2, 0.25) is 0 Å². The average Bonchev–Trinajstić information content (AvgIpc) is 1.41. The average molecular weight is 1490 g/mol. The molecule has 2 N–H and O–H groups in total. The van der Waals surface area contributed by atoms with Crippen LogP contribution in [0, 0.1) is 0 Å². The van der Waals surface area contributed by atoms with Gasteiger partial charge in [-0.3, -0.25) is 47.5 Å². The smallest absolute Gasteiger partial charge is 0.266 e. The lowest BCUT2D eigenvalue weighted by Gasteiger charge is -2.32. The van der Waals surface area contributed by atoms with Crippen molar-refractivity contribution in [1.29, 1.82) is 0 Å². The fourth-order valence-corrected chi connectivity index (χ4v) is 17.5. The summed E-state index contributed by atoms with van der Waals surface area (Å²) in [5.74, 6) is -1.98. The summed E-state index contributed by atoms with van der Waals surface area (Å²) in [6, 6.07) is 93.7. The lowest BCUT2D eigenvalue weighted by molar-refractivity contribution is 0.0872. The van der Waals surface area contributed by atoms with Crippen molar-refractivity contribution in [2.24, 2.45) is 0 Å². The fourth-order valence-electron chi connectivity index (χ4n) is 17.5. The quantitative estimate of drug-likeness (QED) is 0.101. The van der Waals surface area contributed by atoms with Gasteiger partial charge in [-0.15, -0.1) is 0 Å². The Hall–Kier alpha value is -16.3. The van der Waals surface area contributed by atoms with Gasteiger partial charge in [-0.1, -0.05) is 188 Å². The van der Waals surface area contributed by atoms with Crippen LogP contribution in [0.4, 0.5) is 11.4 Å². The summed E-state index contributed by atoms with van der Waals surface area (Å²) in [7, 11) is 0. The highest BCUT2D eigenvalue weighted by Gasteiger charge is 2.42. The summed E-state index contributed by atoms with van der Waals surface area (Å²) in [6.07, 6.45) is 0. The van der Waals surface area contributed by atoms with Crippen LogP contribution in [-0.4, -0.2) is 66.6 Å². The maximum Gasteiger partial charge on any atom is 0.266 e. The molecule has 5 aromatic heterocycles. The van der Waals surface area contributed by atoms with Gasteiger partial charge in [-0.2, -0.15) is 0 Å². The molecule has 0 radical (unpaired) electrons. The second-order valence-corrected chi connectivity index (χ2v) is 28.7. The Morgan fingerprint density at radius 2 is 0.565 bits per heavy atom. The SMILES string of the molecule is O=C1c2ccc3c4c(ccc(c24)C(=O)N1c1cc2ccc4cccc5ccc(c1)c2c45)C(=O)N(c1cccc(-n2c(-c4ccccc4)nc4ccccc42)c1O)C3=O.O=c1c2cc3c(=O)n(-c4cccc(-n5c(-c6ccccc6)nc6ccccc65)c4O)c(=O)c3cc2c(=O)n1-c1ccccc1-n1c2ccccc2c2ccccc21. The van der Waals surface area contributed by atoms with Crippen molar-refractivity contribution in [1.82, 2.24) is 32.8 Å². The van der Waals surface area contributed by atoms with Gasteiger partial charge in [0.2, 0.25) is 0 Å². The first kappa shape index (κ1) is 65.8. The number of carbonyl (C=O) groups is 4. The lowest BCUT2D eigenvalue weighted by atomic mass is 9.85.